The summed E-state index contributed by atoms with van der Waals surface area (Å²) in [6.45, 7) is 5.48. The molecule has 0 spiro atoms. The van der Waals surface area contributed by atoms with E-state index in [4.69, 9.17) is 4.74 Å². The third-order valence-corrected chi connectivity index (χ3v) is 2.42. The minimum absolute atomic E-state index is 0.0480. The molecule has 1 aromatic rings. The van der Waals surface area contributed by atoms with Gasteiger partial charge in [0.2, 0.25) is 0 Å². The van der Waals surface area contributed by atoms with Crippen LogP contribution in [0.15, 0.2) is 24.3 Å². The van der Waals surface area contributed by atoms with E-state index in [2.05, 4.69) is 5.32 Å². The molecule has 1 unspecified atom stereocenters. The van der Waals surface area contributed by atoms with Crippen molar-refractivity contribution in [3.05, 3.63) is 29.8 Å². The summed E-state index contributed by atoms with van der Waals surface area (Å²) >= 11 is 0. The fraction of sp³-hybridized carbons (Fsp3) is 0.429. The minimum atomic E-state index is -0.621. The Morgan fingerprint density at radius 3 is 2.67 bits per heavy atom. The van der Waals surface area contributed by atoms with E-state index < -0.39 is 12.0 Å². The van der Waals surface area contributed by atoms with Crippen LogP contribution in [0, 0.1) is 6.92 Å². The van der Waals surface area contributed by atoms with E-state index in [-0.39, 0.29) is 12.2 Å². The maximum Gasteiger partial charge on any atom is 0.329 e. The largest absolute Gasteiger partial charge is 0.464 e. The smallest absolute Gasteiger partial charge is 0.329 e. The topological polar surface area (TPSA) is 55.4 Å². The van der Waals surface area contributed by atoms with Crippen LogP contribution in [-0.2, 0) is 14.3 Å². The number of rotatable bonds is 6. The molecule has 0 amide bonds. The van der Waals surface area contributed by atoms with Crippen LogP contribution in [-0.4, -0.2) is 24.4 Å². The van der Waals surface area contributed by atoms with Gasteiger partial charge >= 0.3 is 5.97 Å². The first-order chi connectivity index (χ1) is 8.52. The van der Waals surface area contributed by atoms with Gasteiger partial charge in [-0.25, -0.2) is 4.79 Å². The zero-order valence-electron chi connectivity index (χ0n) is 11.0. The van der Waals surface area contributed by atoms with Crippen LogP contribution < -0.4 is 5.32 Å². The second kappa shape index (κ2) is 6.79. The van der Waals surface area contributed by atoms with E-state index in [1.54, 1.807) is 6.92 Å². The predicted octanol–water partition coefficient (Wildman–Crippen LogP) is 2.32. The SMILES string of the molecule is CCOC(=O)C(CC(C)=O)Nc1cccc(C)c1. The van der Waals surface area contributed by atoms with E-state index in [1.165, 1.54) is 6.92 Å². The lowest BCUT2D eigenvalue weighted by molar-refractivity contribution is -0.145. The molecule has 98 valence electrons. The summed E-state index contributed by atoms with van der Waals surface area (Å²) in [6, 6.07) is 7.03. The number of hydrogen-bond acceptors (Lipinski definition) is 4. The zero-order chi connectivity index (χ0) is 13.5. The van der Waals surface area contributed by atoms with Crippen molar-refractivity contribution in [3.63, 3.8) is 0 Å². The van der Waals surface area contributed by atoms with Gasteiger partial charge in [0.15, 0.2) is 0 Å². The number of ketones is 1. The minimum Gasteiger partial charge on any atom is -0.464 e. The van der Waals surface area contributed by atoms with Crippen LogP contribution in [0.2, 0.25) is 0 Å². The van der Waals surface area contributed by atoms with E-state index >= 15 is 0 Å². The molecule has 0 saturated heterocycles. The normalized spacial score (nSPS) is 11.7. The Hall–Kier alpha value is -1.84. The van der Waals surface area contributed by atoms with Crippen molar-refractivity contribution in [1.82, 2.24) is 0 Å². The van der Waals surface area contributed by atoms with Crippen LogP contribution in [0.1, 0.15) is 25.8 Å². The quantitative estimate of drug-likeness (QED) is 0.786. The van der Waals surface area contributed by atoms with Crippen molar-refractivity contribution in [1.29, 1.82) is 0 Å². The summed E-state index contributed by atoms with van der Waals surface area (Å²) < 4.78 is 4.95. The molecule has 0 saturated carbocycles. The van der Waals surface area contributed by atoms with Crippen molar-refractivity contribution in [2.75, 3.05) is 11.9 Å². The number of nitrogens with one attached hydrogen (secondary N) is 1. The fourth-order valence-corrected chi connectivity index (χ4v) is 1.66. The molecule has 0 aromatic heterocycles. The van der Waals surface area contributed by atoms with Gasteiger partial charge in [-0.2, -0.15) is 0 Å². The number of aryl methyl sites for hydroxylation is 1. The van der Waals surface area contributed by atoms with E-state index in [0.717, 1.165) is 11.3 Å². The Kier molecular flexibility index (Phi) is 5.36. The van der Waals surface area contributed by atoms with Crippen LogP contribution in [0.4, 0.5) is 5.69 Å². The van der Waals surface area contributed by atoms with Crippen molar-refractivity contribution in [2.24, 2.45) is 0 Å². The van der Waals surface area contributed by atoms with Gasteiger partial charge in [0, 0.05) is 12.1 Å². The predicted molar refractivity (Wildman–Crippen MR) is 70.5 cm³/mol. The Balaban J connectivity index is 2.77. The number of anilines is 1. The lowest BCUT2D eigenvalue weighted by atomic mass is 10.1. The number of carbonyl (C=O) groups is 2. The maximum absolute atomic E-state index is 11.7. The number of carbonyl (C=O) groups excluding carboxylic acids is 2. The van der Waals surface area contributed by atoms with E-state index in [1.807, 2.05) is 31.2 Å². The second-order valence-electron chi connectivity index (χ2n) is 4.22. The van der Waals surface area contributed by atoms with E-state index in [9.17, 15) is 9.59 Å². The molecule has 0 fully saturated rings. The molecule has 0 aliphatic heterocycles. The second-order valence-corrected chi connectivity index (χ2v) is 4.22. The molecule has 18 heavy (non-hydrogen) atoms. The monoisotopic (exact) mass is 249 g/mol. The Morgan fingerprint density at radius 1 is 1.39 bits per heavy atom. The highest BCUT2D eigenvalue weighted by molar-refractivity contribution is 5.87. The molecule has 0 radical (unpaired) electrons. The van der Waals surface area contributed by atoms with Crippen molar-refractivity contribution >= 4 is 17.4 Å². The highest BCUT2D eigenvalue weighted by Crippen LogP contribution is 2.13. The first-order valence-corrected chi connectivity index (χ1v) is 6.02. The molecule has 4 heteroatoms. The highest BCUT2D eigenvalue weighted by atomic mass is 16.5. The van der Waals surface area contributed by atoms with Crippen LogP contribution in [0.5, 0.6) is 0 Å². The molecular formula is C14H19NO3. The molecule has 0 aliphatic rings. The Morgan fingerprint density at radius 2 is 2.11 bits per heavy atom. The van der Waals surface area contributed by atoms with Gasteiger partial charge in [-0.05, 0) is 38.5 Å². The molecule has 1 atom stereocenters. The molecular weight excluding hydrogens is 230 g/mol. The average Bonchev–Trinajstić information content (AvgIpc) is 2.28. The van der Waals surface area contributed by atoms with Gasteiger partial charge in [-0.3, -0.25) is 4.79 Å². The zero-order valence-corrected chi connectivity index (χ0v) is 11.0. The standard InChI is InChI=1S/C14H19NO3/c1-4-18-14(17)13(9-11(3)16)15-12-7-5-6-10(2)8-12/h5-8,13,15H,4,9H2,1-3H3. The molecule has 1 rings (SSSR count). The van der Waals surface area contributed by atoms with Gasteiger partial charge in [0.1, 0.15) is 11.8 Å². The summed E-state index contributed by atoms with van der Waals surface area (Å²) in [5.41, 5.74) is 1.90. The number of hydrogen-bond donors (Lipinski definition) is 1. The average molecular weight is 249 g/mol. The number of benzene rings is 1. The summed E-state index contributed by atoms with van der Waals surface area (Å²) in [4.78, 5) is 22.9. The highest BCUT2D eigenvalue weighted by Gasteiger charge is 2.21. The summed E-state index contributed by atoms with van der Waals surface area (Å²) in [5, 5.41) is 3.04. The Labute approximate surface area is 107 Å². The molecule has 0 bridgehead atoms. The van der Waals surface area contributed by atoms with Gasteiger partial charge in [-0.15, -0.1) is 0 Å². The number of ether oxygens (including phenoxy) is 1. The lowest BCUT2D eigenvalue weighted by Crippen LogP contribution is -2.33. The van der Waals surface area contributed by atoms with Gasteiger partial charge in [0.25, 0.3) is 0 Å². The van der Waals surface area contributed by atoms with Crippen molar-refractivity contribution in [3.8, 4) is 0 Å². The van der Waals surface area contributed by atoms with Crippen LogP contribution >= 0.6 is 0 Å². The first kappa shape index (κ1) is 14.2. The van der Waals surface area contributed by atoms with Crippen molar-refractivity contribution in [2.45, 2.75) is 33.2 Å². The van der Waals surface area contributed by atoms with Crippen LogP contribution in [0.25, 0.3) is 0 Å². The van der Waals surface area contributed by atoms with Crippen LogP contribution in [0.3, 0.4) is 0 Å². The molecule has 1 N–H and O–H groups in total. The van der Waals surface area contributed by atoms with Gasteiger partial charge < -0.3 is 10.1 Å². The third-order valence-electron chi connectivity index (χ3n) is 2.42. The molecule has 4 nitrogen and oxygen atoms in total. The fourth-order valence-electron chi connectivity index (χ4n) is 1.66. The lowest BCUT2D eigenvalue weighted by Gasteiger charge is -2.17. The maximum atomic E-state index is 11.7. The molecule has 0 aliphatic carbocycles. The first-order valence-electron chi connectivity index (χ1n) is 6.02. The van der Waals surface area contributed by atoms with Crippen molar-refractivity contribution < 1.29 is 14.3 Å². The third kappa shape index (κ3) is 4.57. The summed E-state index contributed by atoms with van der Waals surface area (Å²) in [7, 11) is 0. The Bertz CT molecular complexity index is 429. The molecule has 1 aromatic carbocycles. The molecule has 0 heterocycles. The number of Topliss-reactive ketones (excluding diaryl/α,β-unsaturated/α-hetero) is 1. The van der Waals surface area contributed by atoms with Gasteiger partial charge in [0.05, 0.1) is 6.61 Å². The summed E-state index contributed by atoms with van der Waals surface area (Å²) in [5.74, 6) is -0.442. The summed E-state index contributed by atoms with van der Waals surface area (Å²) in [6.07, 6.45) is 0.132. The number of esters is 1. The van der Waals surface area contributed by atoms with Gasteiger partial charge in [-0.1, -0.05) is 12.1 Å². The van der Waals surface area contributed by atoms with E-state index in [0.29, 0.717) is 6.61 Å².